The van der Waals surface area contributed by atoms with E-state index in [1.807, 2.05) is 36.4 Å². The smallest absolute Gasteiger partial charge is 0.253 e. The topological polar surface area (TPSA) is 91.6 Å². The van der Waals surface area contributed by atoms with Crippen molar-refractivity contribution in [1.82, 2.24) is 25.1 Å². The van der Waals surface area contributed by atoms with Gasteiger partial charge in [-0.1, -0.05) is 12.1 Å². The van der Waals surface area contributed by atoms with Crippen LogP contribution in [-0.4, -0.2) is 77.6 Å². The van der Waals surface area contributed by atoms with Crippen LogP contribution in [0.25, 0.3) is 16.8 Å². The highest BCUT2D eigenvalue weighted by Crippen LogP contribution is 2.26. The minimum absolute atomic E-state index is 0.117. The lowest BCUT2D eigenvalue weighted by atomic mass is 10.0. The number of likely N-dealkylation sites (N-methyl/N-ethyl adjacent to an activating group) is 1. The molecule has 0 radical (unpaired) electrons. The second-order valence-electron chi connectivity index (χ2n) is 7.00. The number of benzene rings is 2. The lowest BCUT2D eigenvalue weighted by Gasteiger charge is -2.27. The van der Waals surface area contributed by atoms with E-state index in [-0.39, 0.29) is 12.0 Å². The molecule has 9 heteroatoms. The Morgan fingerprint density at radius 3 is 2.70 bits per heavy atom. The maximum absolute atomic E-state index is 13.2. The molecule has 1 aliphatic heterocycles. The van der Waals surface area contributed by atoms with Crippen LogP contribution in [0.1, 0.15) is 10.4 Å². The summed E-state index contributed by atoms with van der Waals surface area (Å²) in [5.41, 5.74) is 3.06. The number of hydrogen-bond acceptors (Lipinski definition) is 7. The molecule has 1 amide bonds. The van der Waals surface area contributed by atoms with Crippen molar-refractivity contribution in [3.05, 3.63) is 54.4 Å². The first-order valence-corrected chi connectivity index (χ1v) is 9.62. The zero-order valence-corrected chi connectivity index (χ0v) is 16.9. The molecule has 0 spiro atoms. The van der Waals surface area contributed by atoms with Gasteiger partial charge in [0.05, 0.1) is 38.7 Å². The van der Waals surface area contributed by atoms with Crippen molar-refractivity contribution in [1.29, 1.82) is 0 Å². The molecule has 1 atom stereocenters. The molecular formula is C21H23N5O4. The summed E-state index contributed by atoms with van der Waals surface area (Å²) in [6, 6.07) is 13.2. The second-order valence-corrected chi connectivity index (χ2v) is 7.00. The Balaban J connectivity index is 1.65. The number of rotatable bonds is 6. The molecule has 30 heavy (non-hydrogen) atoms. The molecule has 0 bridgehead atoms. The van der Waals surface area contributed by atoms with Crippen molar-refractivity contribution in [2.45, 2.75) is 6.10 Å². The van der Waals surface area contributed by atoms with Crippen LogP contribution in [-0.2, 0) is 9.47 Å². The fourth-order valence-corrected chi connectivity index (χ4v) is 3.35. The second kappa shape index (κ2) is 9.02. The Morgan fingerprint density at radius 1 is 1.20 bits per heavy atom. The largest absolute Gasteiger partial charge is 0.497 e. The van der Waals surface area contributed by atoms with E-state index in [1.54, 1.807) is 25.1 Å². The van der Waals surface area contributed by atoms with Gasteiger partial charge in [-0.3, -0.25) is 4.79 Å². The third-order valence-electron chi connectivity index (χ3n) is 4.91. The highest BCUT2D eigenvalue weighted by Gasteiger charge is 2.21. The maximum atomic E-state index is 13.2. The maximum Gasteiger partial charge on any atom is 0.253 e. The number of tetrazole rings is 1. The van der Waals surface area contributed by atoms with Gasteiger partial charge in [0, 0.05) is 19.2 Å². The molecule has 0 saturated carbocycles. The fourth-order valence-electron chi connectivity index (χ4n) is 3.35. The Labute approximate surface area is 174 Å². The van der Waals surface area contributed by atoms with Crippen LogP contribution < -0.4 is 4.74 Å². The minimum Gasteiger partial charge on any atom is -0.497 e. The molecule has 1 unspecified atom stereocenters. The van der Waals surface area contributed by atoms with Gasteiger partial charge in [0.15, 0.2) is 0 Å². The van der Waals surface area contributed by atoms with Gasteiger partial charge in [-0.05, 0) is 51.9 Å². The predicted molar refractivity (Wildman–Crippen MR) is 109 cm³/mol. The van der Waals surface area contributed by atoms with E-state index >= 15 is 0 Å². The lowest BCUT2D eigenvalue weighted by molar-refractivity contribution is -0.0933. The van der Waals surface area contributed by atoms with Crippen molar-refractivity contribution >= 4 is 5.91 Å². The van der Waals surface area contributed by atoms with E-state index in [9.17, 15) is 4.79 Å². The molecule has 2 heterocycles. The predicted octanol–water partition coefficient (Wildman–Crippen LogP) is 1.83. The van der Waals surface area contributed by atoms with E-state index in [2.05, 4.69) is 15.5 Å². The Morgan fingerprint density at radius 2 is 2.03 bits per heavy atom. The van der Waals surface area contributed by atoms with Crippen LogP contribution in [0.4, 0.5) is 0 Å². The molecule has 156 valence electrons. The summed E-state index contributed by atoms with van der Waals surface area (Å²) in [6.45, 7) is 2.07. The fraction of sp³-hybridized carbons (Fsp3) is 0.333. The van der Waals surface area contributed by atoms with Gasteiger partial charge in [0.25, 0.3) is 5.91 Å². The minimum atomic E-state index is -0.128. The molecular weight excluding hydrogens is 386 g/mol. The van der Waals surface area contributed by atoms with Crippen molar-refractivity contribution in [2.75, 3.05) is 40.5 Å². The molecule has 3 aromatic rings. The van der Waals surface area contributed by atoms with Gasteiger partial charge in [0.2, 0.25) is 0 Å². The average Bonchev–Trinajstić information content (AvgIpc) is 3.34. The van der Waals surface area contributed by atoms with Crippen LogP contribution in [0.5, 0.6) is 5.75 Å². The molecule has 0 aliphatic carbocycles. The molecule has 1 saturated heterocycles. The average molecular weight is 409 g/mol. The number of carbonyl (C=O) groups excluding carboxylic acids is 1. The van der Waals surface area contributed by atoms with Gasteiger partial charge >= 0.3 is 0 Å². The number of methoxy groups -OCH3 is 1. The molecule has 0 N–H and O–H groups in total. The highest BCUT2D eigenvalue weighted by atomic mass is 16.6. The van der Waals surface area contributed by atoms with Crippen LogP contribution in [0.15, 0.2) is 48.8 Å². The zero-order valence-electron chi connectivity index (χ0n) is 16.9. The third-order valence-corrected chi connectivity index (χ3v) is 4.91. The van der Waals surface area contributed by atoms with Crippen LogP contribution in [0.3, 0.4) is 0 Å². The summed E-state index contributed by atoms with van der Waals surface area (Å²) in [4.78, 5) is 14.8. The van der Waals surface area contributed by atoms with Crippen molar-refractivity contribution in [2.24, 2.45) is 0 Å². The summed E-state index contributed by atoms with van der Waals surface area (Å²) >= 11 is 0. The molecule has 1 aliphatic rings. The van der Waals surface area contributed by atoms with E-state index < -0.39 is 0 Å². The Hall–Kier alpha value is -3.30. The molecule has 9 nitrogen and oxygen atoms in total. The quantitative estimate of drug-likeness (QED) is 0.613. The highest BCUT2D eigenvalue weighted by molar-refractivity contribution is 5.96. The first kappa shape index (κ1) is 20.0. The lowest BCUT2D eigenvalue weighted by Crippen LogP contribution is -2.40. The third kappa shape index (κ3) is 4.47. The molecule has 1 aromatic heterocycles. The van der Waals surface area contributed by atoms with Crippen LogP contribution in [0, 0.1) is 0 Å². The standard InChI is InChI=1S/C21H23N5O4/c1-25(12-20-13-29-7-8-30-20)21(27)17-9-16(15-3-5-19(28-2)6-4-15)10-18(11-17)26-14-22-23-24-26/h3-6,9-11,14,20H,7-8,12-13H2,1-2H3. The van der Waals surface area contributed by atoms with Gasteiger partial charge in [-0.25, -0.2) is 4.68 Å². The molecule has 1 fully saturated rings. The summed E-state index contributed by atoms with van der Waals surface area (Å²) in [5.74, 6) is 0.648. The monoisotopic (exact) mass is 409 g/mol. The van der Waals surface area contributed by atoms with Gasteiger partial charge < -0.3 is 19.1 Å². The number of carbonyl (C=O) groups is 1. The van der Waals surface area contributed by atoms with Crippen molar-refractivity contribution in [3.63, 3.8) is 0 Å². The number of nitrogens with zero attached hydrogens (tertiary/aromatic N) is 5. The van der Waals surface area contributed by atoms with Gasteiger partial charge in [-0.2, -0.15) is 0 Å². The van der Waals surface area contributed by atoms with E-state index in [1.165, 1.54) is 11.0 Å². The van der Waals surface area contributed by atoms with E-state index in [0.717, 1.165) is 16.9 Å². The zero-order chi connectivity index (χ0) is 20.9. The van der Waals surface area contributed by atoms with Crippen LogP contribution >= 0.6 is 0 Å². The van der Waals surface area contributed by atoms with Crippen molar-refractivity contribution < 1.29 is 19.0 Å². The first-order valence-electron chi connectivity index (χ1n) is 9.62. The van der Waals surface area contributed by atoms with E-state index in [0.29, 0.717) is 37.6 Å². The molecule has 4 rings (SSSR count). The van der Waals surface area contributed by atoms with E-state index in [4.69, 9.17) is 14.2 Å². The Bertz CT molecular complexity index is 985. The number of ether oxygens (including phenoxy) is 3. The normalized spacial score (nSPS) is 16.3. The summed E-state index contributed by atoms with van der Waals surface area (Å²) < 4.78 is 17.9. The Kier molecular flexibility index (Phi) is 6.01. The van der Waals surface area contributed by atoms with Gasteiger partial charge in [0.1, 0.15) is 12.1 Å². The SMILES string of the molecule is COc1ccc(-c2cc(C(=O)N(C)CC3COCCO3)cc(-n3cnnn3)c2)cc1. The first-order chi connectivity index (χ1) is 14.6. The summed E-state index contributed by atoms with van der Waals surface area (Å²) in [6.07, 6.45) is 1.37. The summed E-state index contributed by atoms with van der Waals surface area (Å²) in [7, 11) is 3.39. The summed E-state index contributed by atoms with van der Waals surface area (Å²) in [5, 5.41) is 11.4. The molecule has 2 aromatic carbocycles. The number of hydrogen-bond donors (Lipinski definition) is 0. The number of aromatic nitrogens is 4. The van der Waals surface area contributed by atoms with Crippen LogP contribution in [0.2, 0.25) is 0 Å². The van der Waals surface area contributed by atoms with Crippen molar-refractivity contribution in [3.8, 4) is 22.6 Å². The van der Waals surface area contributed by atoms with Gasteiger partial charge in [-0.15, -0.1) is 5.10 Å². The number of amides is 1.